The minimum Gasteiger partial charge on any atom is -0.357 e. The van der Waals surface area contributed by atoms with E-state index in [0.29, 0.717) is 26.1 Å². The lowest BCUT2D eigenvalue weighted by Crippen LogP contribution is -2.40. The largest absolute Gasteiger partial charge is 0.357 e. The summed E-state index contributed by atoms with van der Waals surface area (Å²) in [4.78, 5) is 33.9. The van der Waals surface area contributed by atoms with E-state index in [0.717, 1.165) is 25.5 Å². The van der Waals surface area contributed by atoms with E-state index in [1.807, 2.05) is 6.92 Å². The molecule has 2 bridgehead atoms. The molecule has 180 valence electrons. The third-order valence-corrected chi connectivity index (χ3v) is 6.67. The topological polar surface area (TPSA) is 77.0 Å². The lowest BCUT2D eigenvalue weighted by Gasteiger charge is -2.18. The minimum atomic E-state index is -0.104. The molecule has 3 aliphatic rings. The van der Waals surface area contributed by atoms with Crippen molar-refractivity contribution >= 4 is 41.8 Å². The maximum Gasteiger partial charge on any atom is 0.233 e. The highest BCUT2D eigenvalue weighted by molar-refractivity contribution is 14.0. The number of nitrogens with zero attached hydrogens (tertiary/aromatic N) is 3. The van der Waals surface area contributed by atoms with Gasteiger partial charge >= 0.3 is 0 Å². The first-order chi connectivity index (χ1) is 15.5. The molecular formula is C25H36IN5O2. The van der Waals surface area contributed by atoms with Crippen LogP contribution in [0, 0.1) is 23.7 Å². The van der Waals surface area contributed by atoms with Crippen LogP contribution in [0.25, 0.3) is 0 Å². The number of halogens is 1. The van der Waals surface area contributed by atoms with Crippen LogP contribution in [0.5, 0.6) is 0 Å². The van der Waals surface area contributed by atoms with Crippen molar-refractivity contribution in [1.82, 2.24) is 20.4 Å². The number of carbonyl (C=O) groups is 2. The highest BCUT2D eigenvalue weighted by Crippen LogP contribution is 2.52. The number of benzene rings is 1. The number of guanidine groups is 1. The summed E-state index contributed by atoms with van der Waals surface area (Å²) in [6, 6.07) is 8.49. The molecule has 0 radical (unpaired) electrons. The van der Waals surface area contributed by atoms with Crippen molar-refractivity contribution in [2.24, 2.45) is 28.7 Å². The highest BCUT2D eigenvalue weighted by Gasteiger charge is 2.58. The molecule has 1 aromatic rings. The second-order valence-electron chi connectivity index (χ2n) is 9.36. The summed E-state index contributed by atoms with van der Waals surface area (Å²) in [5, 5.41) is 6.61. The number of allylic oxidation sites excluding steroid dienone is 2. The second-order valence-corrected chi connectivity index (χ2v) is 9.36. The fraction of sp³-hybridized carbons (Fsp3) is 0.560. The number of likely N-dealkylation sites (tertiary alicyclic amines) is 1. The molecule has 4 rings (SSSR count). The zero-order valence-electron chi connectivity index (χ0n) is 19.8. The molecule has 2 N–H and O–H groups in total. The van der Waals surface area contributed by atoms with Crippen LogP contribution >= 0.6 is 24.0 Å². The first kappa shape index (κ1) is 25.7. The Labute approximate surface area is 214 Å². The van der Waals surface area contributed by atoms with Gasteiger partial charge in [0, 0.05) is 26.2 Å². The van der Waals surface area contributed by atoms with E-state index >= 15 is 0 Å². The van der Waals surface area contributed by atoms with Crippen LogP contribution in [-0.4, -0.2) is 61.3 Å². The Morgan fingerprint density at radius 3 is 2.39 bits per heavy atom. The zero-order chi connectivity index (χ0) is 22.7. The maximum absolute atomic E-state index is 12.8. The Hall–Kier alpha value is -1.94. The van der Waals surface area contributed by atoms with Crippen LogP contribution in [-0.2, 0) is 22.7 Å². The van der Waals surface area contributed by atoms with E-state index in [1.165, 1.54) is 16.0 Å². The molecule has 0 spiro atoms. The molecule has 1 aliphatic heterocycles. The van der Waals surface area contributed by atoms with Gasteiger partial charge in [0.25, 0.3) is 0 Å². The highest BCUT2D eigenvalue weighted by atomic mass is 127. The Bertz CT molecular complexity index is 886. The maximum atomic E-state index is 12.8. The van der Waals surface area contributed by atoms with Crippen molar-refractivity contribution in [2.45, 2.75) is 32.9 Å². The van der Waals surface area contributed by atoms with Crippen molar-refractivity contribution in [3.05, 3.63) is 47.5 Å². The Balaban J connectivity index is 0.00000306. The summed E-state index contributed by atoms with van der Waals surface area (Å²) in [5.74, 6) is 1.16. The van der Waals surface area contributed by atoms with Crippen LogP contribution in [0.2, 0.25) is 0 Å². The molecular weight excluding hydrogens is 529 g/mol. The fourth-order valence-electron chi connectivity index (χ4n) is 5.33. The van der Waals surface area contributed by atoms with E-state index in [-0.39, 0.29) is 59.5 Å². The molecule has 4 unspecified atom stereocenters. The Morgan fingerprint density at radius 1 is 1.09 bits per heavy atom. The molecule has 1 saturated heterocycles. The predicted molar refractivity (Wildman–Crippen MR) is 141 cm³/mol. The van der Waals surface area contributed by atoms with Crippen LogP contribution in [0.4, 0.5) is 0 Å². The fourth-order valence-corrected chi connectivity index (χ4v) is 5.33. The van der Waals surface area contributed by atoms with Gasteiger partial charge in [-0.15, -0.1) is 24.0 Å². The van der Waals surface area contributed by atoms with Crippen molar-refractivity contribution < 1.29 is 9.59 Å². The third kappa shape index (κ3) is 5.77. The van der Waals surface area contributed by atoms with Crippen molar-refractivity contribution in [3.63, 3.8) is 0 Å². The zero-order valence-corrected chi connectivity index (χ0v) is 22.1. The number of fused-ring (bicyclic) bond motifs is 5. The molecule has 2 amide bonds. The van der Waals surface area contributed by atoms with E-state index < -0.39 is 0 Å². The normalized spacial score (nSPS) is 25.6. The molecule has 7 nitrogen and oxygen atoms in total. The Kier molecular flexibility index (Phi) is 8.92. The van der Waals surface area contributed by atoms with Gasteiger partial charge in [0.1, 0.15) is 0 Å². The molecule has 1 heterocycles. The van der Waals surface area contributed by atoms with Crippen molar-refractivity contribution in [1.29, 1.82) is 0 Å². The van der Waals surface area contributed by atoms with Gasteiger partial charge in [-0.2, -0.15) is 0 Å². The SMILES string of the molecule is CCNC(=NCc1cccc(CN(C)C)c1)NCCCN1C(=O)C2C3C=CC(C3)C2C1=O.I. The lowest BCUT2D eigenvalue weighted by atomic mass is 9.85. The van der Waals surface area contributed by atoms with Gasteiger partial charge in [0.2, 0.25) is 11.8 Å². The molecule has 33 heavy (non-hydrogen) atoms. The molecule has 2 aliphatic carbocycles. The van der Waals surface area contributed by atoms with Crippen molar-refractivity contribution in [3.8, 4) is 0 Å². The van der Waals surface area contributed by atoms with Gasteiger partial charge in [-0.25, -0.2) is 4.99 Å². The van der Waals surface area contributed by atoms with Crippen LogP contribution < -0.4 is 10.6 Å². The monoisotopic (exact) mass is 565 g/mol. The molecule has 8 heteroatoms. The van der Waals surface area contributed by atoms with Crippen LogP contribution in [0.1, 0.15) is 30.9 Å². The standard InChI is InChI=1S/C25H35N5O2.HI/c1-4-26-25(28-15-17-7-5-8-18(13-17)16-29(2)3)27-11-6-12-30-23(31)21-19-9-10-20(14-19)22(21)24(30)32;/h5,7-10,13,19-22H,4,6,11-12,14-16H2,1-3H3,(H2,26,27,28);1H. The summed E-state index contributed by atoms with van der Waals surface area (Å²) < 4.78 is 0. The molecule has 1 saturated carbocycles. The van der Waals surface area contributed by atoms with Gasteiger partial charge in [-0.3, -0.25) is 14.5 Å². The minimum absolute atomic E-state index is 0. The third-order valence-electron chi connectivity index (χ3n) is 6.67. The number of aliphatic imine (C=N–C) groups is 1. The van der Waals surface area contributed by atoms with E-state index in [2.05, 4.69) is 66.0 Å². The quantitative estimate of drug-likeness (QED) is 0.120. The summed E-state index contributed by atoms with van der Waals surface area (Å²) in [7, 11) is 4.13. The first-order valence-corrected chi connectivity index (χ1v) is 11.8. The smallest absolute Gasteiger partial charge is 0.233 e. The van der Waals surface area contributed by atoms with Gasteiger partial charge in [-0.05, 0) is 56.8 Å². The Morgan fingerprint density at radius 2 is 1.76 bits per heavy atom. The van der Waals surface area contributed by atoms with E-state index in [9.17, 15) is 9.59 Å². The van der Waals surface area contributed by atoms with E-state index in [4.69, 9.17) is 4.99 Å². The number of rotatable bonds is 9. The average Bonchev–Trinajstić information content (AvgIpc) is 3.44. The number of hydrogen-bond acceptors (Lipinski definition) is 4. The van der Waals surface area contributed by atoms with Gasteiger partial charge in [0.05, 0.1) is 18.4 Å². The first-order valence-electron chi connectivity index (χ1n) is 11.8. The van der Waals surface area contributed by atoms with E-state index in [1.54, 1.807) is 0 Å². The number of hydrogen-bond donors (Lipinski definition) is 2. The number of amides is 2. The summed E-state index contributed by atoms with van der Waals surface area (Å²) in [6.07, 6.45) is 5.96. The molecule has 2 fully saturated rings. The lowest BCUT2D eigenvalue weighted by molar-refractivity contribution is -0.140. The molecule has 0 aromatic heterocycles. The molecule has 4 atom stereocenters. The second kappa shape index (κ2) is 11.5. The summed E-state index contributed by atoms with van der Waals surface area (Å²) in [5.41, 5.74) is 2.44. The average molecular weight is 566 g/mol. The number of nitrogens with one attached hydrogen (secondary N) is 2. The number of carbonyl (C=O) groups excluding carboxylic acids is 2. The molecule has 1 aromatic carbocycles. The van der Waals surface area contributed by atoms with Gasteiger partial charge in [-0.1, -0.05) is 36.4 Å². The van der Waals surface area contributed by atoms with Gasteiger partial charge < -0.3 is 15.5 Å². The summed E-state index contributed by atoms with van der Waals surface area (Å²) in [6.45, 7) is 5.45. The predicted octanol–water partition coefficient (Wildman–Crippen LogP) is 2.62. The van der Waals surface area contributed by atoms with Crippen molar-refractivity contribution in [2.75, 3.05) is 33.7 Å². The van der Waals surface area contributed by atoms with Crippen LogP contribution in [0.3, 0.4) is 0 Å². The number of imide groups is 1. The van der Waals surface area contributed by atoms with Gasteiger partial charge in [0.15, 0.2) is 5.96 Å². The summed E-state index contributed by atoms with van der Waals surface area (Å²) >= 11 is 0. The van der Waals surface area contributed by atoms with Crippen LogP contribution in [0.15, 0.2) is 41.4 Å².